The average molecular weight is 466 g/mol. The number of carbonyl (C=O) groups is 1. The smallest absolute Gasteiger partial charge is 0.338 e. The normalized spacial score (nSPS) is 20.7. The molecule has 34 heavy (non-hydrogen) atoms. The number of esters is 1. The number of carbonyl (C=O) groups excluding carboxylic acids is 1. The summed E-state index contributed by atoms with van der Waals surface area (Å²) in [5.41, 5.74) is 4.70. The van der Waals surface area contributed by atoms with Crippen LogP contribution in [0, 0.1) is 12.8 Å². The quantitative estimate of drug-likeness (QED) is 0.473. The third-order valence-corrected chi connectivity index (χ3v) is 7.43. The third kappa shape index (κ3) is 6.07. The van der Waals surface area contributed by atoms with Crippen LogP contribution in [0.3, 0.4) is 0 Å². The summed E-state index contributed by atoms with van der Waals surface area (Å²) in [5.74, 6) is 0.434. The number of methoxy groups -OCH3 is 1. The summed E-state index contributed by atoms with van der Waals surface area (Å²) in [6.45, 7) is 8.32. The molecule has 0 aromatic heterocycles. The summed E-state index contributed by atoms with van der Waals surface area (Å²) >= 11 is 0. The molecule has 2 aromatic rings. The number of nitrogens with zero attached hydrogens (tertiary/aromatic N) is 1. The third-order valence-electron chi connectivity index (χ3n) is 7.43. The van der Waals surface area contributed by atoms with Crippen LogP contribution in [0.25, 0.3) is 11.1 Å². The van der Waals surface area contributed by atoms with Gasteiger partial charge in [0.05, 0.1) is 38.6 Å². The summed E-state index contributed by atoms with van der Waals surface area (Å²) in [5, 5.41) is 0. The predicted octanol–water partition coefficient (Wildman–Crippen LogP) is 5.63. The van der Waals surface area contributed by atoms with Gasteiger partial charge in [-0.25, -0.2) is 4.79 Å². The van der Waals surface area contributed by atoms with Gasteiger partial charge >= 0.3 is 5.97 Å². The van der Waals surface area contributed by atoms with Gasteiger partial charge in [-0.15, -0.1) is 0 Å². The molecule has 5 heteroatoms. The lowest BCUT2D eigenvalue weighted by Gasteiger charge is -2.42. The Morgan fingerprint density at radius 1 is 1.12 bits per heavy atom. The van der Waals surface area contributed by atoms with Crippen molar-refractivity contribution in [3.63, 3.8) is 0 Å². The lowest BCUT2D eigenvalue weighted by Crippen LogP contribution is -2.52. The van der Waals surface area contributed by atoms with Gasteiger partial charge in [0.15, 0.2) is 0 Å². The maximum absolute atomic E-state index is 12.4. The Morgan fingerprint density at radius 3 is 2.68 bits per heavy atom. The van der Waals surface area contributed by atoms with Crippen molar-refractivity contribution >= 4 is 5.97 Å². The maximum atomic E-state index is 12.4. The molecule has 4 rings (SSSR count). The molecule has 0 amide bonds. The fraction of sp³-hybridized carbons (Fsp3) is 0.552. The summed E-state index contributed by atoms with van der Waals surface area (Å²) < 4.78 is 17.2. The molecule has 1 saturated heterocycles. The molecular weight excluding hydrogens is 426 g/mol. The highest BCUT2D eigenvalue weighted by Gasteiger charge is 2.32. The number of hydrogen-bond acceptors (Lipinski definition) is 5. The van der Waals surface area contributed by atoms with Crippen LogP contribution in [0.1, 0.15) is 60.5 Å². The molecule has 2 atom stereocenters. The van der Waals surface area contributed by atoms with Crippen molar-refractivity contribution in [2.75, 3.05) is 33.4 Å². The molecule has 5 nitrogen and oxygen atoms in total. The van der Waals surface area contributed by atoms with E-state index in [4.69, 9.17) is 14.2 Å². The topological polar surface area (TPSA) is 48.0 Å². The van der Waals surface area contributed by atoms with E-state index in [-0.39, 0.29) is 12.1 Å². The first kappa shape index (κ1) is 24.9. The van der Waals surface area contributed by atoms with E-state index in [0.717, 1.165) is 54.5 Å². The van der Waals surface area contributed by atoms with Gasteiger partial charge in [0.25, 0.3) is 0 Å². The predicted molar refractivity (Wildman–Crippen MR) is 135 cm³/mol. The Bertz CT molecular complexity index is 953. The molecule has 2 aliphatic rings. The van der Waals surface area contributed by atoms with Crippen LogP contribution < -0.4 is 0 Å². The zero-order valence-electron chi connectivity index (χ0n) is 20.9. The molecular formula is C29H39NO4. The van der Waals surface area contributed by atoms with E-state index in [1.807, 2.05) is 30.3 Å². The second-order valence-corrected chi connectivity index (χ2v) is 9.84. The fourth-order valence-electron chi connectivity index (χ4n) is 5.53. The molecule has 2 unspecified atom stereocenters. The fourth-order valence-corrected chi connectivity index (χ4v) is 5.53. The number of morpholine rings is 1. The number of ether oxygens (including phenoxy) is 3. The summed E-state index contributed by atoms with van der Waals surface area (Å²) in [4.78, 5) is 15.0. The largest absolute Gasteiger partial charge is 0.465 e. The lowest BCUT2D eigenvalue weighted by atomic mass is 9.83. The van der Waals surface area contributed by atoms with E-state index in [1.54, 1.807) is 0 Å². The van der Waals surface area contributed by atoms with Crippen molar-refractivity contribution in [2.24, 2.45) is 5.92 Å². The minimum atomic E-state index is -0.319. The maximum Gasteiger partial charge on any atom is 0.338 e. The molecule has 2 aromatic carbocycles. The number of hydrogen-bond donors (Lipinski definition) is 0. The van der Waals surface area contributed by atoms with Crippen molar-refractivity contribution < 1.29 is 19.0 Å². The molecule has 1 aliphatic heterocycles. The first-order chi connectivity index (χ1) is 16.6. The molecule has 0 N–H and O–H groups in total. The second-order valence-electron chi connectivity index (χ2n) is 9.84. The van der Waals surface area contributed by atoms with Crippen molar-refractivity contribution in [1.82, 2.24) is 4.90 Å². The molecule has 0 spiro atoms. The highest BCUT2D eigenvalue weighted by atomic mass is 16.5. The van der Waals surface area contributed by atoms with Gasteiger partial charge in [-0.3, -0.25) is 4.90 Å². The molecule has 1 saturated carbocycles. The first-order valence-electron chi connectivity index (χ1n) is 12.8. The average Bonchev–Trinajstić information content (AvgIpc) is 2.88. The number of aryl methyl sites for hydroxylation is 1. The Hall–Kier alpha value is -2.21. The Labute approximate surface area is 204 Å². The Kier molecular flexibility index (Phi) is 8.76. The monoisotopic (exact) mass is 465 g/mol. The Morgan fingerprint density at radius 2 is 1.91 bits per heavy atom. The highest BCUT2D eigenvalue weighted by molar-refractivity contribution is 5.97. The van der Waals surface area contributed by atoms with Crippen LogP contribution in [0.4, 0.5) is 0 Å². The van der Waals surface area contributed by atoms with Gasteiger partial charge < -0.3 is 14.2 Å². The number of benzene rings is 2. The lowest BCUT2D eigenvalue weighted by molar-refractivity contribution is -0.0624. The minimum absolute atomic E-state index is 0.117. The summed E-state index contributed by atoms with van der Waals surface area (Å²) in [7, 11) is 1.43. The minimum Gasteiger partial charge on any atom is -0.465 e. The van der Waals surface area contributed by atoms with E-state index in [9.17, 15) is 4.79 Å². The molecule has 0 radical (unpaired) electrons. The van der Waals surface area contributed by atoms with E-state index < -0.39 is 0 Å². The summed E-state index contributed by atoms with van der Waals surface area (Å²) in [6, 6.07) is 14.5. The van der Waals surface area contributed by atoms with Gasteiger partial charge in [-0.1, -0.05) is 49.6 Å². The van der Waals surface area contributed by atoms with E-state index in [2.05, 4.69) is 30.9 Å². The Balaban J connectivity index is 1.43. The van der Waals surface area contributed by atoms with Crippen LogP contribution in [0.15, 0.2) is 42.5 Å². The van der Waals surface area contributed by atoms with E-state index in [0.29, 0.717) is 18.2 Å². The standard InChI is InChI=1S/C29H39NO4/c1-21-9-7-8-12-25(21)27-17-23(13-14-26(27)29(31)32-3)19-34-22(2)18-30-15-16-33-20-28(30)24-10-5-4-6-11-24/h7-9,12-14,17,22,24,28H,4-6,10-11,15-16,18-20H2,1-3H3. The van der Waals surface area contributed by atoms with Crippen LogP contribution in [0.2, 0.25) is 0 Å². The van der Waals surface area contributed by atoms with Crippen LogP contribution >= 0.6 is 0 Å². The van der Waals surface area contributed by atoms with Crippen molar-refractivity contribution in [2.45, 2.75) is 64.7 Å². The summed E-state index contributed by atoms with van der Waals surface area (Å²) in [6.07, 6.45) is 6.86. The first-order valence-corrected chi connectivity index (χ1v) is 12.8. The second kappa shape index (κ2) is 12.0. The van der Waals surface area contributed by atoms with Crippen LogP contribution in [-0.4, -0.2) is 56.4 Å². The van der Waals surface area contributed by atoms with Gasteiger partial charge in [0, 0.05) is 19.1 Å². The highest BCUT2D eigenvalue weighted by Crippen LogP contribution is 2.31. The van der Waals surface area contributed by atoms with Crippen molar-refractivity contribution in [1.29, 1.82) is 0 Å². The molecule has 2 fully saturated rings. The van der Waals surface area contributed by atoms with Gasteiger partial charge in [0.2, 0.25) is 0 Å². The van der Waals surface area contributed by atoms with Crippen molar-refractivity contribution in [3.05, 3.63) is 59.2 Å². The van der Waals surface area contributed by atoms with E-state index >= 15 is 0 Å². The number of rotatable bonds is 8. The molecule has 1 aliphatic carbocycles. The molecule has 0 bridgehead atoms. The van der Waals surface area contributed by atoms with Crippen LogP contribution in [-0.2, 0) is 20.8 Å². The van der Waals surface area contributed by atoms with Crippen LogP contribution in [0.5, 0.6) is 0 Å². The van der Waals surface area contributed by atoms with Crippen molar-refractivity contribution in [3.8, 4) is 11.1 Å². The van der Waals surface area contributed by atoms with Gasteiger partial charge in [0.1, 0.15) is 0 Å². The molecule has 1 heterocycles. The zero-order chi connectivity index (χ0) is 23.9. The van der Waals surface area contributed by atoms with E-state index in [1.165, 1.54) is 39.2 Å². The zero-order valence-corrected chi connectivity index (χ0v) is 20.9. The molecule has 184 valence electrons. The van der Waals surface area contributed by atoms with Gasteiger partial charge in [-0.2, -0.15) is 0 Å². The van der Waals surface area contributed by atoms with Gasteiger partial charge in [-0.05, 0) is 67.0 Å². The SMILES string of the molecule is COC(=O)c1ccc(COC(C)CN2CCOCC2C2CCCCC2)cc1-c1ccccc1C.